The zero-order valence-electron chi connectivity index (χ0n) is 10.4. The van der Waals surface area contributed by atoms with Gasteiger partial charge in [-0.25, -0.2) is 0 Å². The molecule has 0 radical (unpaired) electrons. The standard InChI is InChI=1S/C13H18ClNO2/c1-9(8-15-2)12(16)7-10-6-11(14)4-5-13(10)17-3/h4-6,9,15H,7-8H2,1-3H3. The minimum atomic E-state index is -0.0105. The van der Waals surface area contributed by atoms with E-state index in [2.05, 4.69) is 5.32 Å². The molecule has 1 unspecified atom stereocenters. The van der Waals surface area contributed by atoms with Gasteiger partial charge in [0.1, 0.15) is 11.5 Å². The molecule has 0 spiro atoms. The highest BCUT2D eigenvalue weighted by atomic mass is 35.5. The van der Waals surface area contributed by atoms with Gasteiger partial charge in [0.25, 0.3) is 0 Å². The van der Waals surface area contributed by atoms with Crippen molar-refractivity contribution in [2.75, 3.05) is 20.7 Å². The van der Waals surface area contributed by atoms with Gasteiger partial charge in [-0.1, -0.05) is 18.5 Å². The van der Waals surface area contributed by atoms with Crippen molar-refractivity contribution in [3.63, 3.8) is 0 Å². The van der Waals surface area contributed by atoms with E-state index in [0.717, 1.165) is 5.56 Å². The maximum atomic E-state index is 11.9. The van der Waals surface area contributed by atoms with Crippen molar-refractivity contribution in [1.82, 2.24) is 5.32 Å². The highest BCUT2D eigenvalue weighted by Crippen LogP contribution is 2.23. The van der Waals surface area contributed by atoms with Crippen LogP contribution in [0.2, 0.25) is 5.02 Å². The Morgan fingerprint density at radius 2 is 2.24 bits per heavy atom. The van der Waals surface area contributed by atoms with Crippen molar-refractivity contribution in [2.45, 2.75) is 13.3 Å². The average Bonchev–Trinajstić information content (AvgIpc) is 2.29. The lowest BCUT2D eigenvalue weighted by Gasteiger charge is -2.12. The Hall–Kier alpha value is -1.06. The monoisotopic (exact) mass is 255 g/mol. The van der Waals surface area contributed by atoms with Gasteiger partial charge in [0.15, 0.2) is 0 Å². The largest absolute Gasteiger partial charge is 0.496 e. The first-order valence-corrected chi connectivity index (χ1v) is 5.96. The van der Waals surface area contributed by atoms with Crippen molar-refractivity contribution in [3.05, 3.63) is 28.8 Å². The number of benzene rings is 1. The number of ketones is 1. The fraction of sp³-hybridized carbons (Fsp3) is 0.462. The van der Waals surface area contributed by atoms with Crippen molar-refractivity contribution < 1.29 is 9.53 Å². The van der Waals surface area contributed by atoms with E-state index < -0.39 is 0 Å². The molecule has 0 fully saturated rings. The second kappa shape index (κ2) is 6.62. The van der Waals surface area contributed by atoms with Crippen LogP contribution in [0.15, 0.2) is 18.2 Å². The lowest BCUT2D eigenvalue weighted by atomic mass is 9.99. The van der Waals surface area contributed by atoms with Gasteiger partial charge >= 0.3 is 0 Å². The molecule has 94 valence electrons. The summed E-state index contributed by atoms with van der Waals surface area (Å²) in [7, 11) is 3.43. The molecule has 0 amide bonds. The van der Waals surface area contributed by atoms with Gasteiger partial charge in [0.05, 0.1) is 7.11 Å². The van der Waals surface area contributed by atoms with E-state index in [1.54, 1.807) is 25.3 Å². The molecule has 17 heavy (non-hydrogen) atoms. The third kappa shape index (κ3) is 4.02. The molecule has 0 aliphatic heterocycles. The van der Waals surface area contributed by atoms with Crippen molar-refractivity contribution in [3.8, 4) is 5.75 Å². The number of carbonyl (C=O) groups is 1. The molecule has 1 aromatic carbocycles. The lowest BCUT2D eigenvalue weighted by molar-refractivity contribution is -0.121. The van der Waals surface area contributed by atoms with Gasteiger partial charge in [-0.2, -0.15) is 0 Å². The predicted octanol–water partition coefficient (Wildman–Crippen LogP) is 2.32. The van der Waals surface area contributed by atoms with Gasteiger partial charge < -0.3 is 10.1 Å². The Bertz CT molecular complexity index is 393. The van der Waals surface area contributed by atoms with E-state index in [1.807, 2.05) is 14.0 Å². The van der Waals surface area contributed by atoms with Crippen LogP contribution in [-0.4, -0.2) is 26.5 Å². The van der Waals surface area contributed by atoms with Gasteiger partial charge in [0.2, 0.25) is 0 Å². The lowest BCUT2D eigenvalue weighted by Crippen LogP contribution is -2.25. The maximum Gasteiger partial charge on any atom is 0.141 e. The molecule has 0 aromatic heterocycles. The Morgan fingerprint density at radius 1 is 1.53 bits per heavy atom. The molecule has 0 aliphatic rings. The first kappa shape index (κ1) is 14.0. The molecule has 1 rings (SSSR count). The summed E-state index contributed by atoms with van der Waals surface area (Å²) in [5, 5.41) is 3.62. The summed E-state index contributed by atoms with van der Waals surface area (Å²) in [4.78, 5) is 11.9. The minimum Gasteiger partial charge on any atom is -0.496 e. The Kier molecular flexibility index (Phi) is 5.45. The summed E-state index contributed by atoms with van der Waals surface area (Å²) in [5.74, 6) is 0.878. The molecule has 4 heteroatoms. The smallest absolute Gasteiger partial charge is 0.141 e. The molecule has 0 saturated carbocycles. The number of nitrogens with one attached hydrogen (secondary N) is 1. The summed E-state index contributed by atoms with van der Waals surface area (Å²) in [5.41, 5.74) is 0.841. The molecular weight excluding hydrogens is 238 g/mol. The van der Waals surface area contributed by atoms with E-state index >= 15 is 0 Å². The van der Waals surface area contributed by atoms with E-state index in [-0.39, 0.29) is 11.7 Å². The van der Waals surface area contributed by atoms with Crippen molar-refractivity contribution in [2.24, 2.45) is 5.92 Å². The van der Waals surface area contributed by atoms with Crippen LogP contribution in [0.1, 0.15) is 12.5 Å². The molecule has 3 nitrogen and oxygen atoms in total. The number of hydrogen-bond donors (Lipinski definition) is 1. The average molecular weight is 256 g/mol. The van der Waals surface area contributed by atoms with E-state index in [0.29, 0.717) is 23.7 Å². The minimum absolute atomic E-state index is 0.0105. The highest BCUT2D eigenvalue weighted by molar-refractivity contribution is 6.30. The number of hydrogen-bond acceptors (Lipinski definition) is 3. The second-order valence-electron chi connectivity index (χ2n) is 4.06. The summed E-state index contributed by atoms with van der Waals surface area (Å²) in [6.45, 7) is 2.59. The Balaban J connectivity index is 2.79. The van der Waals surface area contributed by atoms with Gasteiger partial charge in [0, 0.05) is 29.5 Å². The van der Waals surface area contributed by atoms with Crippen LogP contribution in [0.4, 0.5) is 0 Å². The van der Waals surface area contributed by atoms with E-state index in [1.165, 1.54) is 0 Å². The van der Waals surface area contributed by atoms with Crippen LogP contribution in [0.25, 0.3) is 0 Å². The second-order valence-corrected chi connectivity index (χ2v) is 4.49. The number of carbonyl (C=O) groups excluding carboxylic acids is 1. The maximum absolute atomic E-state index is 11.9. The van der Waals surface area contributed by atoms with Gasteiger partial charge in [-0.3, -0.25) is 4.79 Å². The first-order chi connectivity index (χ1) is 8.08. The number of ether oxygens (including phenoxy) is 1. The predicted molar refractivity (Wildman–Crippen MR) is 69.8 cm³/mol. The zero-order valence-corrected chi connectivity index (χ0v) is 11.2. The van der Waals surface area contributed by atoms with Crippen LogP contribution in [-0.2, 0) is 11.2 Å². The van der Waals surface area contributed by atoms with E-state index in [4.69, 9.17) is 16.3 Å². The quantitative estimate of drug-likeness (QED) is 0.848. The van der Waals surface area contributed by atoms with Crippen LogP contribution < -0.4 is 10.1 Å². The fourth-order valence-electron chi connectivity index (χ4n) is 1.67. The van der Waals surface area contributed by atoms with Crippen molar-refractivity contribution >= 4 is 17.4 Å². The first-order valence-electron chi connectivity index (χ1n) is 5.58. The molecule has 0 aliphatic carbocycles. The van der Waals surface area contributed by atoms with Gasteiger partial charge in [-0.05, 0) is 25.2 Å². The third-order valence-corrected chi connectivity index (χ3v) is 2.90. The molecular formula is C13H18ClNO2. The SMILES string of the molecule is CNCC(C)C(=O)Cc1cc(Cl)ccc1OC. The highest BCUT2D eigenvalue weighted by Gasteiger charge is 2.15. The third-order valence-electron chi connectivity index (χ3n) is 2.67. The number of halogens is 1. The number of rotatable bonds is 6. The summed E-state index contributed by atoms with van der Waals surface area (Å²) >= 11 is 5.92. The normalized spacial score (nSPS) is 12.2. The van der Waals surface area contributed by atoms with E-state index in [9.17, 15) is 4.79 Å². The summed E-state index contributed by atoms with van der Waals surface area (Å²) in [6, 6.07) is 5.32. The Labute approximate surface area is 107 Å². The van der Waals surface area contributed by atoms with Crippen LogP contribution in [0.5, 0.6) is 5.75 Å². The van der Waals surface area contributed by atoms with Gasteiger partial charge in [-0.15, -0.1) is 0 Å². The number of methoxy groups -OCH3 is 1. The molecule has 0 heterocycles. The molecule has 1 aromatic rings. The molecule has 0 bridgehead atoms. The topological polar surface area (TPSA) is 38.3 Å². The fourth-order valence-corrected chi connectivity index (χ4v) is 1.86. The molecule has 0 saturated heterocycles. The van der Waals surface area contributed by atoms with Crippen molar-refractivity contribution in [1.29, 1.82) is 0 Å². The number of Topliss-reactive ketones (excluding diaryl/α,β-unsaturated/α-hetero) is 1. The summed E-state index contributed by atoms with van der Waals surface area (Å²) in [6.07, 6.45) is 0.354. The Morgan fingerprint density at radius 3 is 2.82 bits per heavy atom. The molecule has 1 atom stereocenters. The van der Waals surface area contributed by atoms with Crippen LogP contribution in [0, 0.1) is 5.92 Å². The summed E-state index contributed by atoms with van der Waals surface area (Å²) < 4.78 is 5.21. The van der Waals surface area contributed by atoms with Crippen LogP contribution in [0.3, 0.4) is 0 Å². The van der Waals surface area contributed by atoms with Crippen LogP contribution >= 0.6 is 11.6 Å². The zero-order chi connectivity index (χ0) is 12.8. The molecule has 1 N–H and O–H groups in total.